The number of nitrogens with zero attached hydrogens (tertiary/aromatic N) is 1. The van der Waals surface area contributed by atoms with Crippen LogP contribution in [0.5, 0.6) is 0 Å². The molecule has 1 heterocycles. The SMILES string of the molecule is CC.CC(C)(C)OC(=O)NCC#CC(=N)c1cc(Br)cnc1N. The highest BCUT2D eigenvalue weighted by atomic mass is 79.9. The van der Waals surface area contributed by atoms with Gasteiger partial charge in [-0.3, -0.25) is 5.41 Å². The first-order valence-corrected chi connectivity index (χ1v) is 7.94. The summed E-state index contributed by atoms with van der Waals surface area (Å²) in [6.07, 6.45) is 0.996. The smallest absolute Gasteiger partial charge is 0.408 e. The van der Waals surface area contributed by atoms with Gasteiger partial charge in [-0.25, -0.2) is 9.78 Å². The lowest BCUT2D eigenvalue weighted by molar-refractivity contribution is 0.0535. The lowest BCUT2D eigenvalue weighted by atomic mass is 10.1. The minimum absolute atomic E-state index is 0.0345. The number of anilines is 1. The summed E-state index contributed by atoms with van der Waals surface area (Å²) in [7, 11) is 0. The van der Waals surface area contributed by atoms with E-state index in [1.807, 2.05) is 13.8 Å². The molecule has 0 aliphatic carbocycles. The van der Waals surface area contributed by atoms with Gasteiger partial charge in [0.05, 0.1) is 12.1 Å². The van der Waals surface area contributed by atoms with Crippen LogP contribution in [0.4, 0.5) is 10.6 Å². The van der Waals surface area contributed by atoms with Crippen LogP contribution >= 0.6 is 15.9 Å². The summed E-state index contributed by atoms with van der Waals surface area (Å²) >= 11 is 3.26. The maximum absolute atomic E-state index is 11.4. The zero-order chi connectivity index (χ0) is 18.0. The number of nitrogens with one attached hydrogen (secondary N) is 2. The third-order valence-electron chi connectivity index (χ3n) is 2.09. The summed E-state index contributed by atoms with van der Waals surface area (Å²) in [5.41, 5.74) is 5.60. The fourth-order valence-electron chi connectivity index (χ4n) is 1.28. The monoisotopic (exact) mass is 382 g/mol. The molecule has 1 aromatic rings. The Morgan fingerprint density at radius 1 is 1.48 bits per heavy atom. The van der Waals surface area contributed by atoms with Crippen LogP contribution in [0.2, 0.25) is 0 Å². The van der Waals surface area contributed by atoms with Crippen molar-refractivity contribution >= 4 is 33.6 Å². The predicted molar refractivity (Wildman–Crippen MR) is 96.5 cm³/mol. The van der Waals surface area contributed by atoms with Gasteiger partial charge in [-0.05, 0) is 48.7 Å². The highest BCUT2D eigenvalue weighted by Crippen LogP contribution is 2.15. The van der Waals surface area contributed by atoms with Gasteiger partial charge in [0.25, 0.3) is 0 Å². The molecule has 1 amide bonds. The van der Waals surface area contributed by atoms with Gasteiger partial charge in [-0.1, -0.05) is 19.8 Å². The van der Waals surface area contributed by atoms with Crippen LogP contribution in [0.25, 0.3) is 0 Å². The highest BCUT2D eigenvalue weighted by molar-refractivity contribution is 9.10. The lowest BCUT2D eigenvalue weighted by Gasteiger charge is -2.19. The standard InChI is InChI=1S/C14H17BrN4O2.C2H6/c1-14(2,3)21-13(20)18-6-4-5-11(16)10-7-9(15)8-19-12(10)17;1-2/h7-8,16H,6H2,1-3H3,(H2,17,19)(H,18,20);1-2H3. The number of aromatic nitrogens is 1. The zero-order valence-electron chi connectivity index (χ0n) is 14.1. The van der Waals surface area contributed by atoms with Crippen molar-refractivity contribution in [1.29, 1.82) is 5.41 Å². The average molecular weight is 383 g/mol. The Kier molecular flexibility index (Phi) is 8.96. The number of hydrogen-bond acceptors (Lipinski definition) is 5. The number of carbonyl (C=O) groups is 1. The summed E-state index contributed by atoms with van der Waals surface area (Å²) in [6.45, 7) is 9.41. The van der Waals surface area contributed by atoms with Crippen LogP contribution in [-0.2, 0) is 4.74 Å². The van der Waals surface area contributed by atoms with Crippen molar-refractivity contribution in [2.45, 2.75) is 40.2 Å². The summed E-state index contributed by atoms with van der Waals surface area (Å²) in [5, 5.41) is 10.3. The van der Waals surface area contributed by atoms with Gasteiger partial charge in [-0.15, -0.1) is 0 Å². The van der Waals surface area contributed by atoms with E-state index in [-0.39, 0.29) is 18.1 Å². The van der Waals surface area contributed by atoms with Crippen molar-refractivity contribution in [2.75, 3.05) is 12.3 Å². The Morgan fingerprint density at radius 3 is 2.65 bits per heavy atom. The molecule has 0 unspecified atom stereocenters. The summed E-state index contributed by atoms with van der Waals surface area (Å²) in [4.78, 5) is 15.3. The van der Waals surface area contributed by atoms with Gasteiger partial charge in [-0.2, -0.15) is 0 Å². The normalized spacial score (nSPS) is 9.65. The molecule has 0 fully saturated rings. The maximum atomic E-state index is 11.4. The molecular formula is C16H23BrN4O2. The molecule has 0 aromatic carbocycles. The molecule has 1 rings (SSSR count). The topological polar surface area (TPSA) is 101 Å². The summed E-state index contributed by atoms with van der Waals surface area (Å²) in [5.74, 6) is 5.50. The van der Waals surface area contributed by atoms with E-state index in [1.165, 1.54) is 0 Å². The molecule has 0 aliphatic heterocycles. The number of pyridine rings is 1. The molecule has 0 saturated carbocycles. The molecule has 0 spiro atoms. The quantitative estimate of drug-likeness (QED) is 0.539. The molecule has 6 nitrogen and oxygen atoms in total. The van der Waals surface area contributed by atoms with E-state index in [0.717, 1.165) is 0 Å². The predicted octanol–water partition coefficient (Wildman–Crippen LogP) is 3.35. The number of nitrogens with two attached hydrogens (primary N) is 1. The van der Waals surface area contributed by atoms with Crippen molar-refractivity contribution in [3.63, 3.8) is 0 Å². The van der Waals surface area contributed by atoms with Crippen molar-refractivity contribution in [2.24, 2.45) is 0 Å². The Bertz CT molecular complexity index is 613. The van der Waals surface area contributed by atoms with Crippen LogP contribution in [0, 0.1) is 17.3 Å². The molecule has 0 atom stereocenters. The number of rotatable bonds is 2. The molecule has 1 aromatic heterocycles. The lowest BCUT2D eigenvalue weighted by Crippen LogP contribution is -2.32. The van der Waals surface area contributed by atoms with Crippen LogP contribution in [-0.4, -0.2) is 28.9 Å². The van der Waals surface area contributed by atoms with E-state index >= 15 is 0 Å². The Hall–Kier alpha value is -2.07. The molecule has 0 bridgehead atoms. The van der Waals surface area contributed by atoms with Gasteiger partial charge in [0.1, 0.15) is 17.1 Å². The van der Waals surface area contributed by atoms with Crippen LogP contribution in [0.15, 0.2) is 16.7 Å². The number of ether oxygens (including phenoxy) is 1. The molecule has 23 heavy (non-hydrogen) atoms. The highest BCUT2D eigenvalue weighted by Gasteiger charge is 2.15. The molecular weight excluding hydrogens is 360 g/mol. The number of hydrogen-bond donors (Lipinski definition) is 3. The van der Waals surface area contributed by atoms with E-state index in [4.69, 9.17) is 15.9 Å². The first-order valence-electron chi connectivity index (χ1n) is 7.14. The van der Waals surface area contributed by atoms with Crippen molar-refractivity contribution < 1.29 is 9.53 Å². The van der Waals surface area contributed by atoms with E-state index in [1.54, 1.807) is 33.0 Å². The number of carbonyl (C=O) groups excluding carboxylic acids is 1. The van der Waals surface area contributed by atoms with Crippen molar-refractivity contribution in [3.05, 3.63) is 22.3 Å². The molecule has 0 saturated heterocycles. The largest absolute Gasteiger partial charge is 0.444 e. The van der Waals surface area contributed by atoms with Gasteiger partial charge >= 0.3 is 6.09 Å². The molecule has 4 N–H and O–H groups in total. The summed E-state index contributed by atoms with van der Waals surface area (Å²) < 4.78 is 5.77. The van der Waals surface area contributed by atoms with Crippen molar-refractivity contribution in [1.82, 2.24) is 10.3 Å². The van der Waals surface area contributed by atoms with Crippen molar-refractivity contribution in [3.8, 4) is 11.8 Å². The Balaban J connectivity index is 0.00000232. The minimum atomic E-state index is -0.555. The zero-order valence-corrected chi connectivity index (χ0v) is 15.7. The Labute approximate surface area is 145 Å². The fourth-order valence-corrected chi connectivity index (χ4v) is 1.61. The van der Waals surface area contributed by atoms with E-state index in [2.05, 4.69) is 38.1 Å². The van der Waals surface area contributed by atoms with Crippen LogP contribution in [0.1, 0.15) is 40.2 Å². The number of amides is 1. The second-order valence-corrected chi connectivity index (χ2v) is 6.03. The minimum Gasteiger partial charge on any atom is -0.444 e. The first-order chi connectivity index (χ1) is 10.7. The maximum Gasteiger partial charge on any atom is 0.408 e. The van der Waals surface area contributed by atoms with Gasteiger partial charge in [0, 0.05) is 10.7 Å². The van der Waals surface area contributed by atoms with Gasteiger partial charge < -0.3 is 15.8 Å². The third-order valence-corrected chi connectivity index (χ3v) is 2.52. The van der Waals surface area contributed by atoms with Gasteiger partial charge in [0.15, 0.2) is 0 Å². The second kappa shape index (κ2) is 9.85. The van der Waals surface area contributed by atoms with E-state index in [0.29, 0.717) is 10.0 Å². The summed E-state index contributed by atoms with van der Waals surface area (Å²) in [6, 6.07) is 1.67. The van der Waals surface area contributed by atoms with E-state index in [9.17, 15) is 4.79 Å². The molecule has 0 radical (unpaired) electrons. The van der Waals surface area contributed by atoms with Crippen LogP contribution in [0.3, 0.4) is 0 Å². The van der Waals surface area contributed by atoms with E-state index < -0.39 is 11.7 Å². The molecule has 0 aliphatic rings. The Morgan fingerprint density at radius 2 is 2.09 bits per heavy atom. The third kappa shape index (κ3) is 8.83. The van der Waals surface area contributed by atoms with Gasteiger partial charge in [0.2, 0.25) is 0 Å². The second-order valence-electron chi connectivity index (χ2n) is 5.12. The molecule has 126 valence electrons. The average Bonchev–Trinajstić information content (AvgIpc) is 2.46. The number of alkyl carbamates (subject to hydrolysis) is 1. The number of nitrogen functional groups attached to an aromatic ring is 1. The number of halogens is 1. The first kappa shape index (κ1) is 20.9. The molecule has 7 heteroatoms. The fraction of sp³-hybridized carbons (Fsp3) is 0.438. The van der Waals surface area contributed by atoms with Crippen LogP contribution < -0.4 is 11.1 Å².